The number of carboxylic acid groups (broad SMARTS) is 3. The van der Waals surface area contributed by atoms with Crippen LogP contribution in [0.15, 0.2) is 22.8 Å². The summed E-state index contributed by atoms with van der Waals surface area (Å²) >= 11 is 0. The number of nitrogens with zero attached hydrogens (tertiary/aromatic N) is 3. The molecule has 12 nitrogen and oxygen atoms in total. The maximum atomic E-state index is 10.6. The summed E-state index contributed by atoms with van der Waals surface area (Å²) in [5, 5.41) is 21.4. The van der Waals surface area contributed by atoms with E-state index in [2.05, 4.69) is 28.8 Å². The number of aliphatic carboxylic acids is 3. The lowest BCUT2D eigenvalue weighted by Gasteiger charge is -2.43. The van der Waals surface area contributed by atoms with E-state index in [1.807, 2.05) is 12.1 Å². The van der Waals surface area contributed by atoms with Crippen LogP contribution in [0.3, 0.4) is 0 Å². The molecule has 256 valence electrons. The van der Waals surface area contributed by atoms with Gasteiger partial charge in [-0.15, -0.1) is 0 Å². The Kier molecular flexibility index (Phi) is 16.7. The molecule has 0 aromatic carbocycles. The van der Waals surface area contributed by atoms with E-state index in [4.69, 9.17) is 43.6 Å². The molecule has 3 rings (SSSR count). The van der Waals surface area contributed by atoms with Crippen molar-refractivity contribution < 1.29 is 83.1 Å². The molecule has 1 spiro atoms. The predicted molar refractivity (Wildman–Crippen MR) is 130 cm³/mol. The van der Waals surface area contributed by atoms with Crippen LogP contribution in [0.5, 0.6) is 0 Å². The number of carboxylic acids is 3. The fraction of sp³-hybridized carbons (Fsp3) is 0.696. The van der Waals surface area contributed by atoms with Crippen LogP contribution in [0.2, 0.25) is 0 Å². The average Bonchev–Trinajstić information content (AvgIpc) is 3.30. The van der Waals surface area contributed by atoms with Crippen molar-refractivity contribution in [1.29, 1.82) is 0 Å². The van der Waals surface area contributed by atoms with Gasteiger partial charge in [-0.3, -0.25) is 9.80 Å². The number of rotatable bonds is 5. The second-order valence-corrected chi connectivity index (χ2v) is 9.36. The lowest BCUT2D eigenvalue weighted by molar-refractivity contribution is -0.193. The topological polar surface area (TPSA) is 153 Å². The summed E-state index contributed by atoms with van der Waals surface area (Å²) in [6.07, 6.45) is -13.5. The van der Waals surface area contributed by atoms with Crippen molar-refractivity contribution in [3.63, 3.8) is 0 Å². The Morgan fingerprint density at radius 2 is 1.30 bits per heavy atom. The zero-order valence-corrected chi connectivity index (χ0v) is 23.3. The first kappa shape index (κ1) is 40.9. The SMILES string of the molecule is CN(C)CCN1CCOCC2(C1)CN(Cc1ccco1)CCO2.O=C(O)C(F)(F)F.O=C(O)C(F)(F)F.O=C(O)C(F)(F)F. The molecule has 2 saturated heterocycles. The molecule has 0 radical (unpaired) electrons. The van der Waals surface area contributed by atoms with Gasteiger partial charge in [0.05, 0.1) is 32.6 Å². The maximum absolute atomic E-state index is 10.6. The third-order valence-corrected chi connectivity index (χ3v) is 5.31. The number of carbonyl (C=O) groups is 3. The van der Waals surface area contributed by atoms with Gasteiger partial charge < -0.3 is 34.1 Å². The van der Waals surface area contributed by atoms with Gasteiger partial charge in [-0.25, -0.2) is 14.4 Å². The lowest BCUT2D eigenvalue weighted by atomic mass is 10.0. The van der Waals surface area contributed by atoms with Crippen LogP contribution in [-0.2, 0) is 30.4 Å². The van der Waals surface area contributed by atoms with Crippen molar-refractivity contribution in [2.45, 2.75) is 30.7 Å². The molecule has 1 aromatic heterocycles. The van der Waals surface area contributed by atoms with E-state index in [-0.39, 0.29) is 5.60 Å². The first-order valence-corrected chi connectivity index (χ1v) is 12.2. The van der Waals surface area contributed by atoms with Gasteiger partial charge in [0, 0.05) is 39.3 Å². The van der Waals surface area contributed by atoms with Crippen LogP contribution in [0.25, 0.3) is 0 Å². The maximum Gasteiger partial charge on any atom is 0.490 e. The lowest BCUT2D eigenvalue weighted by Crippen LogP contribution is -2.58. The van der Waals surface area contributed by atoms with Crippen LogP contribution < -0.4 is 0 Å². The summed E-state index contributed by atoms with van der Waals surface area (Å²) in [7, 11) is 4.23. The van der Waals surface area contributed by atoms with Crippen LogP contribution in [-0.4, -0.2) is 145 Å². The number of likely N-dealkylation sites (N-methyl/N-ethyl adjacent to an activating group) is 1. The van der Waals surface area contributed by atoms with E-state index in [0.29, 0.717) is 6.61 Å². The van der Waals surface area contributed by atoms with Gasteiger partial charge >= 0.3 is 36.4 Å². The number of hydrogen-bond acceptors (Lipinski definition) is 9. The molecule has 0 saturated carbocycles. The first-order valence-electron chi connectivity index (χ1n) is 12.2. The van der Waals surface area contributed by atoms with Crippen molar-refractivity contribution in [3.05, 3.63) is 24.2 Å². The summed E-state index contributed by atoms with van der Waals surface area (Å²) in [5.41, 5.74) is -0.215. The molecular formula is C23H32F9N3O9. The number of halogens is 9. The molecule has 0 bridgehead atoms. The molecule has 1 aromatic rings. The fourth-order valence-electron chi connectivity index (χ4n) is 3.38. The minimum Gasteiger partial charge on any atom is -0.475 e. The summed E-state index contributed by atoms with van der Waals surface area (Å²) < 4.78 is 113. The molecule has 0 aliphatic carbocycles. The number of furan rings is 1. The van der Waals surface area contributed by atoms with E-state index < -0.39 is 36.4 Å². The van der Waals surface area contributed by atoms with Crippen LogP contribution >= 0.6 is 0 Å². The minimum absolute atomic E-state index is 0.215. The predicted octanol–water partition coefficient (Wildman–Crippen LogP) is 2.64. The molecule has 2 fully saturated rings. The highest BCUT2D eigenvalue weighted by atomic mass is 19.4. The second-order valence-electron chi connectivity index (χ2n) is 9.36. The fourth-order valence-corrected chi connectivity index (χ4v) is 3.38. The largest absolute Gasteiger partial charge is 0.490 e. The van der Waals surface area contributed by atoms with Gasteiger partial charge in [-0.05, 0) is 26.2 Å². The summed E-state index contributed by atoms with van der Waals surface area (Å²) in [4.78, 5) is 33.8. The highest BCUT2D eigenvalue weighted by Crippen LogP contribution is 2.24. The minimum atomic E-state index is -5.08. The Hall–Kier alpha value is -3.14. The van der Waals surface area contributed by atoms with Gasteiger partial charge in [-0.1, -0.05) is 0 Å². The average molecular weight is 666 g/mol. The summed E-state index contributed by atoms with van der Waals surface area (Å²) in [5.74, 6) is -7.26. The Bertz CT molecular complexity index is 947. The molecular weight excluding hydrogens is 633 g/mol. The first-order chi connectivity index (χ1) is 20.0. The van der Waals surface area contributed by atoms with Crippen molar-refractivity contribution in [2.24, 2.45) is 0 Å². The molecule has 0 amide bonds. The van der Waals surface area contributed by atoms with E-state index in [1.54, 1.807) is 6.26 Å². The van der Waals surface area contributed by atoms with Crippen LogP contribution in [0.4, 0.5) is 39.5 Å². The van der Waals surface area contributed by atoms with Gasteiger partial charge in [-0.2, -0.15) is 39.5 Å². The zero-order valence-electron chi connectivity index (χ0n) is 23.3. The van der Waals surface area contributed by atoms with Crippen molar-refractivity contribution >= 4 is 17.9 Å². The zero-order chi connectivity index (χ0) is 34.4. The Morgan fingerprint density at radius 1 is 0.841 bits per heavy atom. The quantitative estimate of drug-likeness (QED) is 0.397. The van der Waals surface area contributed by atoms with Crippen LogP contribution in [0, 0.1) is 0 Å². The monoisotopic (exact) mass is 665 g/mol. The van der Waals surface area contributed by atoms with Gasteiger partial charge in [0.1, 0.15) is 11.4 Å². The van der Waals surface area contributed by atoms with E-state index in [9.17, 15) is 39.5 Å². The third kappa shape index (κ3) is 17.9. The van der Waals surface area contributed by atoms with Gasteiger partial charge in [0.2, 0.25) is 0 Å². The standard InChI is InChI=1S/C17H29N3O3.3C2HF3O2/c1-18(2)5-6-19-7-10-21-15-17(13-19)14-20(8-11-23-17)12-16-4-3-9-22-16;3*3-2(4,5)1(6)7/h3-4,9H,5-8,10-15H2,1-2H3;3*(H,6,7). The van der Waals surface area contributed by atoms with Gasteiger partial charge in [0.25, 0.3) is 0 Å². The number of ether oxygens (including phenoxy) is 2. The molecule has 21 heteroatoms. The highest BCUT2D eigenvalue weighted by molar-refractivity contribution is 5.73. The summed E-state index contributed by atoms with van der Waals surface area (Å²) in [6.45, 7) is 8.95. The van der Waals surface area contributed by atoms with E-state index >= 15 is 0 Å². The number of alkyl halides is 9. The Labute approximate surface area is 244 Å². The number of morpholine rings is 1. The molecule has 2 aliphatic heterocycles. The molecule has 3 heterocycles. The molecule has 1 atom stereocenters. The third-order valence-electron chi connectivity index (χ3n) is 5.31. The normalized spacial score (nSPS) is 19.8. The molecule has 1 unspecified atom stereocenters. The smallest absolute Gasteiger partial charge is 0.475 e. The number of hydrogen-bond donors (Lipinski definition) is 3. The Balaban J connectivity index is 0.000000721. The van der Waals surface area contributed by atoms with Crippen molar-refractivity contribution in [2.75, 3.05) is 73.2 Å². The molecule has 2 aliphatic rings. The van der Waals surface area contributed by atoms with E-state index in [1.165, 1.54) is 0 Å². The highest BCUT2D eigenvalue weighted by Gasteiger charge is 2.41. The summed E-state index contributed by atoms with van der Waals surface area (Å²) in [6, 6.07) is 3.98. The van der Waals surface area contributed by atoms with E-state index in [0.717, 1.165) is 64.8 Å². The Morgan fingerprint density at radius 3 is 1.70 bits per heavy atom. The van der Waals surface area contributed by atoms with Gasteiger partial charge in [0.15, 0.2) is 0 Å². The second kappa shape index (κ2) is 18.0. The molecule has 3 N–H and O–H groups in total. The van der Waals surface area contributed by atoms with Crippen molar-refractivity contribution in [1.82, 2.24) is 14.7 Å². The van der Waals surface area contributed by atoms with Crippen molar-refractivity contribution in [3.8, 4) is 0 Å². The van der Waals surface area contributed by atoms with Crippen LogP contribution in [0.1, 0.15) is 5.76 Å². The molecule has 44 heavy (non-hydrogen) atoms.